The summed E-state index contributed by atoms with van der Waals surface area (Å²) in [4.78, 5) is 11.8. The van der Waals surface area contributed by atoms with Gasteiger partial charge in [-0.2, -0.15) is 0 Å². The lowest BCUT2D eigenvalue weighted by Gasteiger charge is -2.09. The Bertz CT molecular complexity index is 597. The third kappa shape index (κ3) is 5.41. The van der Waals surface area contributed by atoms with Gasteiger partial charge in [0.25, 0.3) is 0 Å². The zero-order chi connectivity index (χ0) is 15.8. The van der Waals surface area contributed by atoms with E-state index in [9.17, 15) is 4.79 Å². The fourth-order valence-corrected chi connectivity index (χ4v) is 2.18. The summed E-state index contributed by atoms with van der Waals surface area (Å²) < 4.78 is 6.37. The minimum absolute atomic E-state index is 0.0132. The quantitative estimate of drug-likeness (QED) is 0.772. The minimum Gasteiger partial charge on any atom is -0.494 e. The van der Waals surface area contributed by atoms with Gasteiger partial charge in [-0.3, -0.25) is 4.79 Å². The molecule has 116 valence electrons. The van der Waals surface area contributed by atoms with E-state index in [2.05, 4.69) is 26.6 Å². The predicted molar refractivity (Wildman–Crippen MR) is 93.5 cm³/mol. The molecule has 4 nitrogen and oxygen atoms in total. The molecule has 0 spiro atoms. The molecule has 2 N–H and O–H groups in total. The van der Waals surface area contributed by atoms with Crippen LogP contribution >= 0.6 is 15.9 Å². The molecule has 0 atom stereocenters. The van der Waals surface area contributed by atoms with Crippen LogP contribution in [0.4, 0.5) is 11.4 Å². The lowest BCUT2D eigenvalue weighted by atomic mass is 10.3. The van der Waals surface area contributed by atoms with E-state index in [0.717, 1.165) is 21.6 Å². The summed E-state index contributed by atoms with van der Waals surface area (Å²) in [5.74, 6) is 0.835. The summed E-state index contributed by atoms with van der Waals surface area (Å²) in [6.45, 7) is 3.19. The highest BCUT2D eigenvalue weighted by Gasteiger charge is 2.02. The lowest BCUT2D eigenvalue weighted by molar-refractivity contribution is -0.115. The van der Waals surface area contributed by atoms with E-state index < -0.39 is 0 Å². The van der Waals surface area contributed by atoms with Gasteiger partial charge in [0.1, 0.15) is 5.75 Å². The van der Waals surface area contributed by atoms with Crippen molar-refractivity contribution in [1.82, 2.24) is 0 Å². The number of amides is 1. The Morgan fingerprint density at radius 1 is 1.05 bits per heavy atom. The molecular weight excluding hydrogens is 344 g/mol. The molecule has 22 heavy (non-hydrogen) atoms. The van der Waals surface area contributed by atoms with Gasteiger partial charge in [-0.05, 0) is 55.5 Å². The standard InChI is InChI=1S/C17H19BrN2O2/c1-2-22-16-9-7-14(8-10-16)19-12-11-17(21)20-15-5-3-13(18)4-6-15/h3-10,19H,2,11-12H2,1H3,(H,20,21). The number of carbonyl (C=O) groups is 1. The Hall–Kier alpha value is -2.01. The highest BCUT2D eigenvalue weighted by molar-refractivity contribution is 9.10. The van der Waals surface area contributed by atoms with Gasteiger partial charge in [-0.1, -0.05) is 15.9 Å². The second-order valence-electron chi connectivity index (χ2n) is 4.69. The van der Waals surface area contributed by atoms with Crippen molar-refractivity contribution in [3.8, 4) is 5.75 Å². The van der Waals surface area contributed by atoms with E-state index in [-0.39, 0.29) is 5.91 Å². The fourth-order valence-electron chi connectivity index (χ4n) is 1.91. The molecule has 0 aromatic heterocycles. The summed E-state index contributed by atoms with van der Waals surface area (Å²) in [6, 6.07) is 15.2. The molecule has 0 unspecified atom stereocenters. The third-order valence-electron chi connectivity index (χ3n) is 2.97. The van der Waals surface area contributed by atoms with Crippen LogP contribution in [0.15, 0.2) is 53.0 Å². The number of benzene rings is 2. The van der Waals surface area contributed by atoms with Crippen LogP contribution in [0.3, 0.4) is 0 Å². The smallest absolute Gasteiger partial charge is 0.226 e. The Labute approximate surface area is 139 Å². The SMILES string of the molecule is CCOc1ccc(NCCC(=O)Nc2ccc(Br)cc2)cc1. The first kappa shape index (κ1) is 16.4. The second kappa shape index (κ2) is 8.44. The van der Waals surface area contributed by atoms with Crippen LogP contribution in [0.2, 0.25) is 0 Å². The van der Waals surface area contributed by atoms with Crippen molar-refractivity contribution in [3.05, 3.63) is 53.0 Å². The van der Waals surface area contributed by atoms with Crippen molar-refractivity contribution in [2.75, 3.05) is 23.8 Å². The molecular formula is C17H19BrN2O2. The van der Waals surface area contributed by atoms with E-state index in [1.54, 1.807) is 0 Å². The van der Waals surface area contributed by atoms with Gasteiger partial charge in [-0.15, -0.1) is 0 Å². The molecule has 0 heterocycles. The van der Waals surface area contributed by atoms with Crippen molar-refractivity contribution in [2.24, 2.45) is 0 Å². The number of nitrogens with one attached hydrogen (secondary N) is 2. The van der Waals surface area contributed by atoms with Crippen molar-refractivity contribution in [3.63, 3.8) is 0 Å². The van der Waals surface area contributed by atoms with Crippen LogP contribution in [0.1, 0.15) is 13.3 Å². The number of halogens is 1. The normalized spacial score (nSPS) is 10.1. The largest absolute Gasteiger partial charge is 0.494 e. The van der Waals surface area contributed by atoms with E-state index in [4.69, 9.17) is 4.74 Å². The molecule has 2 aromatic carbocycles. The molecule has 2 aromatic rings. The number of hydrogen-bond donors (Lipinski definition) is 2. The predicted octanol–water partition coefficient (Wildman–Crippen LogP) is 4.29. The number of anilines is 2. The van der Waals surface area contributed by atoms with Crippen LogP contribution in [0, 0.1) is 0 Å². The summed E-state index contributed by atoms with van der Waals surface area (Å²) in [5, 5.41) is 6.08. The van der Waals surface area contributed by atoms with Crippen LogP contribution < -0.4 is 15.4 Å². The molecule has 0 bridgehead atoms. The molecule has 0 saturated heterocycles. The van der Waals surface area contributed by atoms with E-state index in [1.807, 2.05) is 55.5 Å². The number of ether oxygens (including phenoxy) is 1. The van der Waals surface area contributed by atoms with Gasteiger partial charge in [0.05, 0.1) is 6.61 Å². The summed E-state index contributed by atoms with van der Waals surface area (Å²) in [7, 11) is 0. The topological polar surface area (TPSA) is 50.4 Å². The van der Waals surface area contributed by atoms with Gasteiger partial charge in [0.2, 0.25) is 5.91 Å². The first-order valence-corrected chi connectivity index (χ1v) is 7.99. The Kier molecular flexibility index (Phi) is 6.27. The molecule has 0 aliphatic rings. The van der Waals surface area contributed by atoms with Gasteiger partial charge in [0, 0.05) is 28.8 Å². The fraction of sp³-hybridized carbons (Fsp3) is 0.235. The lowest BCUT2D eigenvalue weighted by Crippen LogP contribution is -2.16. The molecule has 5 heteroatoms. The maximum absolute atomic E-state index is 11.8. The van der Waals surface area contributed by atoms with Crippen molar-refractivity contribution < 1.29 is 9.53 Å². The monoisotopic (exact) mass is 362 g/mol. The molecule has 0 aliphatic heterocycles. The van der Waals surface area contributed by atoms with Crippen LogP contribution in [0.25, 0.3) is 0 Å². The first-order chi connectivity index (χ1) is 10.7. The Morgan fingerprint density at radius 2 is 1.68 bits per heavy atom. The number of rotatable bonds is 7. The van der Waals surface area contributed by atoms with Crippen molar-refractivity contribution in [1.29, 1.82) is 0 Å². The summed E-state index contributed by atoms with van der Waals surface area (Å²) >= 11 is 3.36. The van der Waals surface area contributed by atoms with Crippen LogP contribution in [0.5, 0.6) is 5.75 Å². The molecule has 0 radical (unpaired) electrons. The third-order valence-corrected chi connectivity index (χ3v) is 3.50. The molecule has 0 fully saturated rings. The van der Waals surface area contributed by atoms with Gasteiger partial charge in [-0.25, -0.2) is 0 Å². The average molecular weight is 363 g/mol. The van der Waals surface area contributed by atoms with Crippen LogP contribution in [-0.4, -0.2) is 19.1 Å². The van der Waals surface area contributed by atoms with E-state index in [1.165, 1.54) is 0 Å². The highest BCUT2D eigenvalue weighted by Crippen LogP contribution is 2.16. The Balaban J connectivity index is 1.73. The highest BCUT2D eigenvalue weighted by atomic mass is 79.9. The zero-order valence-corrected chi connectivity index (χ0v) is 14.0. The molecule has 2 rings (SSSR count). The van der Waals surface area contributed by atoms with Gasteiger partial charge in [0.15, 0.2) is 0 Å². The van der Waals surface area contributed by atoms with Crippen molar-refractivity contribution in [2.45, 2.75) is 13.3 Å². The summed E-state index contributed by atoms with van der Waals surface area (Å²) in [5.41, 5.74) is 1.77. The van der Waals surface area contributed by atoms with Gasteiger partial charge >= 0.3 is 0 Å². The van der Waals surface area contributed by atoms with E-state index in [0.29, 0.717) is 19.6 Å². The molecule has 0 saturated carbocycles. The summed E-state index contributed by atoms with van der Waals surface area (Å²) in [6.07, 6.45) is 0.406. The van der Waals surface area contributed by atoms with E-state index >= 15 is 0 Å². The van der Waals surface area contributed by atoms with Crippen LogP contribution in [-0.2, 0) is 4.79 Å². The van der Waals surface area contributed by atoms with Crippen molar-refractivity contribution >= 4 is 33.2 Å². The van der Waals surface area contributed by atoms with Gasteiger partial charge < -0.3 is 15.4 Å². The number of carbonyl (C=O) groups excluding carboxylic acids is 1. The average Bonchev–Trinajstić information content (AvgIpc) is 2.52. The maximum Gasteiger partial charge on any atom is 0.226 e. The molecule has 1 amide bonds. The zero-order valence-electron chi connectivity index (χ0n) is 12.4. The second-order valence-corrected chi connectivity index (χ2v) is 5.60. The maximum atomic E-state index is 11.8. The first-order valence-electron chi connectivity index (χ1n) is 7.19. The Morgan fingerprint density at radius 3 is 2.32 bits per heavy atom. The number of hydrogen-bond acceptors (Lipinski definition) is 3. The minimum atomic E-state index is -0.0132. The molecule has 0 aliphatic carbocycles.